The minimum Gasteiger partial charge on any atom is -0.393 e. The smallest absolute Gasteiger partial charge is 0.126 e. The van der Waals surface area contributed by atoms with Gasteiger partial charge in [-0.05, 0) is 6.92 Å². The topological polar surface area (TPSA) is 29.5 Å². The van der Waals surface area contributed by atoms with Gasteiger partial charge < -0.3 is 9.84 Å². The summed E-state index contributed by atoms with van der Waals surface area (Å²) >= 11 is 1.68. The Hall–Kier alpha value is 0.270. The largest absolute Gasteiger partial charge is 0.393 e. The molecule has 8 heavy (non-hydrogen) atoms. The average Bonchev–Trinajstić information content (AvgIpc) is 2.14. The Morgan fingerprint density at radius 2 is 2.62 bits per heavy atom. The fraction of sp³-hybridized carbons (Fsp3) is 1.00. The van der Waals surface area contributed by atoms with Crippen molar-refractivity contribution >= 4 is 11.8 Å². The third-order valence-electron chi connectivity index (χ3n) is 1.05. The lowest BCUT2D eigenvalue weighted by Crippen LogP contribution is -2.10. The minimum atomic E-state index is 0.0463. The fourth-order valence-electron chi connectivity index (χ4n) is 0.676. The molecule has 0 aliphatic carbocycles. The third-order valence-corrected chi connectivity index (χ3v) is 2.34. The molecule has 1 rings (SSSR count). The van der Waals surface area contributed by atoms with Crippen molar-refractivity contribution in [1.82, 2.24) is 0 Å². The van der Waals surface area contributed by atoms with Gasteiger partial charge in [0.05, 0.1) is 12.7 Å². The van der Waals surface area contributed by atoms with Crippen molar-refractivity contribution in [2.45, 2.75) is 18.5 Å². The Bertz CT molecular complexity index is 76.8. The summed E-state index contributed by atoms with van der Waals surface area (Å²) in [7, 11) is 0. The zero-order valence-corrected chi connectivity index (χ0v) is 5.65. The van der Waals surface area contributed by atoms with E-state index in [4.69, 9.17) is 9.84 Å². The molecule has 0 bridgehead atoms. The maximum Gasteiger partial charge on any atom is 0.126 e. The third kappa shape index (κ3) is 1.37. The van der Waals surface area contributed by atoms with Gasteiger partial charge in [0, 0.05) is 5.75 Å². The van der Waals surface area contributed by atoms with Gasteiger partial charge in [-0.3, -0.25) is 0 Å². The van der Waals surface area contributed by atoms with Gasteiger partial charge in [-0.15, -0.1) is 11.8 Å². The molecule has 0 aromatic carbocycles. The average molecular weight is 134 g/mol. The molecule has 0 radical (unpaired) electrons. The van der Waals surface area contributed by atoms with Gasteiger partial charge in [-0.2, -0.15) is 0 Å². The van der Waals surface area contributed by atoms with Crippen LogP contribution in [0.2, 0.25) is 0 Å². The molecule has 2 nitrogen and oxygen atoms in total. The second-order valence-corrected chi connectivity index (χ2v) is 3.08. The maximum absolute atomic E-state index is 8.54. The number of aliphatic hydroxyl groups excluding tert-OH is 1. The summed E-state index contributed by atoms with van der Waals surface area (Å²) < 4.78 is 5.22. The van der Waals surface area contributed by atoms with E-state index < -0.39 is 0 Å². The second-order valence-electron chi connectivity index (χ2n) is 1.89. The van der Waals surface area contributed by atoms with Gasteiger partial charge in [0.2, 0.25) is 0 Å². The van der Waals surface area contributed by atoms with Crippen LogP contribution in [-0.2, 0) is 4.74 Å². The van der Waals surface area contributed by atoms with Crippen LogP contribution in [-0.4, -0.2) is 29.0 Å². The standard InChI is InChI=1S/C5H10O2S/c1-4-3-8-5(2-6)7-4/h4-6H,2-3H2,1H3. The highest BCUT2D eigenvalue weighted by Gasteiger charge is 2.20. The molecule has 2 unspecified atom stereocenters. The van der Waals surface area contributed by atoms with Crippen molar-refractivity contribution in [3.63, 3.8) is 0 Å². The first-order valence-corrected chi connectivity index (χ1v) is 3.75. The molecule has 1 aliphatic rings. The molecule has 1 heterocycles. The van der Waals surface area contributed by atoms with E-state index in [0.717, 1.165) is 5.75 Å². The van der Waals surface area contributed by atoms with E-state index >= 15 is 0 Å². The molecule has 1 aliphatic heterocycles. The van der Waals surface area contributed by atoms with Crippen molar-refractivity contribution in [2.75, 3.05) is 12.4 Å². The quantitative estimate of drug-likeness (QED) is 0.565. The lowest BCUT2D eigenvalue weighted by Gasteiger charge is -2.03. The van der Waals surface area contributed by atoms with E-state index in [9.17, 15) is 0 Å². The first-order chi connectivity index (χ1) is 3.83. The lowest BCUT2D eigenvalue weighted by atomic mass is 10.5. The summed E-state index contributed by atoms with van der Waals surface area (Å²) in [6, 6.07) is 0. The van der Waals surface area contributed by atoms with Crippen LogP contribution in [0.1, 0.15) is 6.92 Å². The number of thioether (sulfide) groups is 1. The SMILES string of the molecule is CC1CSC(CO)O1. The van der Waals surface area contributed by atoms with Gasteiger partial charge in [0.15, 0.2) is 0 Å². The molecular formula is C5H10O2S. The van der Waals surface area contributed by atoms with Gasteiger partial charge in [0.25, 0.3) is 0 Å². The Balaban J connectivity index is 2.22. The molecular weight excluding hydrogens is 124 g/mol. The van der Waals surface area contributed by atoms with Crippen LogP contribution < -0.4 is 0 Å². The van der Waals surface area contributed by atoms with Crippen LogP contribution in [0.4, 0.5) is 0 Å². The molecule has 1 fully saturated rings. The number of hydrogen-bond acceptors (Lipinski definition) is 3. The van der Waals surface area contributed by atoms with E-state index in [-0.39, 0.29) is 12.0 Å². The fourth-order valence-corrected chi connectivity index (χ4v) is 1.61. The number of aliphatic hydroxyl groups is 1. The highest BCUT2D eigenvalue weighted by molar-refractivity contribution is 8.00. The van der Waals surface area contributed by atoms with Crippen LogP contribution in [0.15, 0.2) is 0 Å². The van der Waals surface area contributed by atoms with Crippen LogP contribution in [0.3, 0.4) is 0 Å². The first-order valence-electron chi connectivity index (χ1n) is 2.71. The molecule has 1 saturated heterocycles. The van der Waals surface area contributed by atoms with Gasteiger partial charge in [-0.1, -0.05) is 0 Å². The van der Waals surface area contributed by atoms with E-state index in [2.05, 4.69) is 0 Å². The second kappa shape index (κ2) is 2.71. The molecule has 2 atom stereocenters. The summed E-state index contributed by atoms with van der Waals surface area (Å²) in [4.78, 5) is 0. The van der Waals surface area contributed by atoms with Crippen molar-refractivity contribution in [2.24, 2.45) is 0 Å². The normalized spacial score (nSPS) is 38.2. The highest BCUT2D eigenvalue weighted by atomic mass is 32.2. The van der Waals surface area contributed by atoms with Gasteiger partial charge >= 0.3 is 0 Å². The summed E-state index contributed by atoms with van der Waals surface area (Å²) in [5.74, 6) is 1.02. The van der Waals surface area contributed by atoms with Crippen molar-refractivity contribution in [3.8, 4) is 0 Å². The number of rotatable bonds is 1. The van der Waals surface area contributed by atoms with Gasteiger partial charge in [0.1, 0.15) is 5.44 Å². The maximum atomic E-state index is 8.54. The first kappa shape index (κ1) is 6.39. The predicted octanol–water partition coefficient (Wildman–Crippen LogP) is 0.457. The zero-order chi connectivity index (χ0) is 5.98. The monoisotopic (exact) mass is 134 g/mol. The summed E-state index contributed by atoms with van der Waals surface area (Å²) in [5.41, 5.74) is 0.0463. The zero-order valence-electron chi connectivity index (χ0n) is 4.83. The number of ether oxygens (including phenoxy) is 1. The van der Waals surface area contributed by atoms with Crippen molar-refractivity contribution in [1.29, 1.82) is 0 Å². The van der Waals surface area contributed by atoms with Crippen LogP contribution >= 0.6 is 11.8 Å². The van der Waals surface area contributed by atoms with Crippen LogP contribution in [0.5, 0.6) is 0 Å². The Morgan fingerprint density at radius 1 is 1.88 bits per heavy atom. The molecule has 0 aromatic heterocycles. The Morgan fingerprint density at radius 3 is 2.88 bits per heavy atom. The van der Waals surface area contributed by atoms with Crippen molar-refractivity contribution in [3.05, 3.63) is 0 Å². The molecule has 1 N–H and O–H groups in total. The van der Waals surface area contributed by atoms with E-state index in [1.54, 1.807) is 11.8 Å². The van der Waals surface area contributed by atoms with E-state index in [1.165, 1.54) is 0 Å². The lowest BCUT2D eigenvalue weighted by molar-refractivity contribution is 0.0445. The number of hydrogen-bond donors (Lipinski definition) is 1. The summed E-state index contributed by atoms with van der Waals surface area (Å²) in [5, 5.41) is 8.54. The van der Waals surface area contributed by atoms with E-state index in [1.807, 2.05) is 6.92 Å². The molecule has 48 valence electrons. The van der Waals surface area contributed by atoms with Gasteiger partial charge in [-0.25, -0.2) is 0 Å². The molecule has 0 aromatic rings. The van der Waals surface area contributed by atoms with E-state index in [0.29, 0.717) is 6.10 Å². The van der Waals surface area contributed by atoms with Crippen LogP contribution in [0, 0.1) is 0 Å². The molecule has 0 spiro atoms. The van der Waals surface area contributed by atoms with Crippen LogP contribution in [0.25, 0.3) is 0 Å². The molecule has 3 heteroatoms. The highest BCUT2D eigenvalue weighted by Crippen LogP contribution is 2.23. The Kier molecular flexibility index (Phi) is 2.16. The summed E-state index contributed by atoms with van der Waals surface area (Å²) in [6.45, 7) is 2.16. The summed E-state index contributed by atoms with van der Waals surface area (Å²) in [6.07, 6.45) is 0.331. The van der Waals surface area contributed by atoms with Crippen molar-refractivity contribution < 1.29 is 9.84 Å². The molecule has 0 amide bonds. The predicted molar refractivity (Wildman–Crippen MR) is 33.9 cm³/mol. The minimum absolute atomic E-state index is 0.0463. The Labute approximate surface area is 53.2 Å². The molecule has 0 saturated carbocycles.